The predicted molar refractivity (Wildman–Crippen MR) is 57.1 cm³/mol. The minimum absolute atomic E-state index is 0.0486. The summed E-state index contributed by atoms with van der Waals surface area (Å²) in [6, 6.07) is 6.74. The fourth-order valence-corrected chi connectivity index (χ4v) is 1.19. The molecule has 0 heterocycles. The van der Waals surface area contributed by atoms with Crippen molar-refractivity contribution in [2.45, 2.75) is 12.8 Å². The number of ether oxygens (including phenoxy) is 1. The van der Waals surface area contributed by atoms with Gasteiger partial charge in [0.1, 0.15) is 5.75 Å². The average Bonchev–Trinajstić information content (AvgIpc) is 2.16. The summed E-state index contributed by atoms with van der Waals surface area (Å²) in [5.41, 5.74) is 5.61. The normalized spacial score (nSPS) is 9.75. The summed E-state index contributed by atoms with van der Waals surface area (Å²) < 4.78 is 5.25. The van der Waals surface area contributed by atoms with Crippen LogP contribution in [0.3, 0.4) is 0 Å². The van der Waals surface area contributed by atoms with Crippen molar-refractivity contribution in [3.63, 3.8) is 0 Å². The fourth-order valence-electron chi connectivity index (χ4n) is 1.19. The van der Waals surface area contributed by atoms with Gasteiger partial charge in [-0.2, -0.15) is 0 Å². The first-order chi connectivity index (χ1) is 7.58. The molecule has 0 unspecified atom stereocenters. The van der Waals surface area contributed by atoms with Gasteiger partial charge in [-0.1, -0.05) is 12.1 Å². The van der Waals surface area contributed by atoms with Gasteiger partial charge < -0.3 is 15.6 Å². The largest absolute Gasteiger partial charge is 0.493 e. The molecule has 0 spiro atoms. The Morgan fingerprint density at radius 1 is 1.38 bits per heavy atom. The van der Waals surface area contributed by atoms with E-state index in [1.807, 2.05) is 0 Å². The van der Waals surface area contributed by atoms with Gasteiger partial charge in [0, 0.05) is 0 Å². The molecule has 0 radical (unpaired) electrons. The molecule has 1 aromatic carbocycles. The summed E-state index contributed by atoms with van der Waals surface area (Å²) in [7, 11) is 0. The van der Waals surface area contributed by atoms with Crippen molar-refractivity contribution < 1.29 is 19.4 Å². The molecule has 3 N–H and O–H groups in total. The molecule has 0 saturated heterocycles. The summed E-state index contributed by atoms with van der Waals surface area (Å²) in [5.74, 6) is -0.782. The van der Waals surface area contributed by atoms with Gasteiger partial charge in [-0.15, -0.1) is 0 Å². The zero-order valence-electron chi connectivity index (χ0n) is 8.68. The van der Waals surface area contributed by atoms with E-state index in [4.69, 9.17) is 15.6 Å². The van der Waals surface area contributed by atoms with Crippen LogP contribution in [-0.2, 0) is 16.0 Å². The van der Waals surface area contributed by atoms with Crippen molar-refractivity contribution in [2.24, 2.45) is 5.73 Å². The van der Waals surface area contributed by atoms with Gasteiger partial charge in [0.05, 0.1) is 19.4 Å². The van der Waals surface area contributed by atoms with Crippen molar-refractivity contribution in [2.75, 3.05) is 6.61 Å². The van der Waals surface area contributed by atoms with Gasteiger partial charge in [-0.25, -0.2) is 0 Å². The zero-order valence-corrected chi connectivity index (χ0v) is 8.68. The number of hydrogen-bond donors (Lipinski definition) is 2. The van der Waals surface area contributed by atoms with E-state index in [0.717, 1.165) is 0 Å². The van der Waals surface area contributed by atoms with E-state index in [1.165, 1.54) is 0 Å². The maximum Gasteiger partial charge on any atom is 0.307 e. The second-order valence-electron chi connectivity index (χ2n) is 3.28. The second kappa shape index (κ2) is 5.75. The number of carbonyl (C=O) groups is 2. The molecule has 0 atom stereocenters. The lowest BCUT2D eigenvalue weighted by Crippen LogP contribution is -2.14. The molecule has 1 rings (SSSR count). The van der Waals surface area contributed by atoms with E-state index in [9.17, 15) is 9.59 Å². The van der Waals surface area contributed by atoms with E-state index < -0.39 is 11.9 Å². The average molecular weight is 223 g/mol. The van der Waals surface area contributed by atoms with Gasteiger partial charge in [0.25, 0.3) is 0 Å². The third-order valence-corrected chi connectivity index (χ3v) is 1.87. The Hall–Kier alpha value is -2.04. The standard InChI is InChI=1S/C11H13NO4/c12-10(13)4-5-16-9-3-1-2-8(6-9)7-11(14)15/h1-3,6H,4-5,7H2,(H2,12,13)(H,14,15). The Labute approximate surface area is 92.8 Å². The highest BCUT2D eigenvalue weighted by molar-refractivity contribution is 5.73. The van der Waals surface area contributed by atoms with Crippen LogP contribution in [0.4, 0.5) is 0 Å². The molecule has 0 saturated carbocycles. The lowest BCUT2D eigenvalue weighted by atomic mass is 10.1. The van der Waals surface area contributed by atoms with Crippen molar-refractivity contribution in [1.29, 1.82) is 0 Å². The molecule has 0 aromatic heterocycles. The minimum Gasteiger partial charge on any atom is -0.493 e. The first kappa shape index (κ1) is 12.0. The highest BCUT2D eigenvalue weighted by Crippen LogP contribution is 2.13. The smallest absolute Gasteiger partial charge is 0.307 e. The highest BCUT2D eigenvalue weighted by atomic mass is 16.5. The first-order valence-electron chi connectivity index (χ1n) is 4.80. The van der Waals surface area contributed by atoms with Crippen LogP contribution in [-0.4, -0.2) is 23.6 Å². The SMILES string of the molecule is NC(=O)CCOc1cccc(CC(=O)O)c1. The molecule has 1 aromatic rings. The van der Waals surface area contributed by atoms with Gasteiger partial charge in [-0.3, -0.25) is 9.59 Å². The maximum atomic E-state index is 10.5. The van der Waals surface area contributed by atoms with Crippen LogP contribution in [0.2, 0.25) is 0 Å². The number of carbonyl (C=O) groups excluding carboxylic acids is 1. The third kappa shape index (κ3) is 4.45. The number of benzene rings is 1. The zero-order chi connectivity index (χ0) is 12.0. The predicted octanol–water partition coefficient (Wildman–Crippen LogP) is 0.568. The van der Waals surface area contributed by atoms with Crippen LogP contribution in [0, 0.1) is 0 Å². The van der Waals surface area contributed by atoms with Crippen molar-refractivity contribution in [3.8, 4) is 5.75 Å². The molecule has 86 valence electrons. The highest BCUT2D eigenvalue weighted by Gasteiger charge is 2.02. The van der Waals surface area contributed by atoms with Crippen molar-refractivity contribution >= 4 is 11.9 Å². The van der Waals surface area contributed by atoms with Crippen LogP contribution < -0.4 is 10.5 Å². The number of primary amides is 1. The van der Waals surface area contributed by atoms with E-state index in [2.05, 4.69) is 0 Å². The van der Waals surface area contributed by atoms with Crippen LogP contribution in [0.1, 0.15) is 12.0 Å². The summed E-state index contributed by atoms with van der Waals surface area (Å²) in [6.45, 7) is 0.200. The van der Waals surface area contributed by atoms with E-state index in [1.54, 1.807) is 24.3 Å². The van der Waals surface area contributed by atoms with Crippen LogP contribution in [0.15, 0.2) is 24.3 Å². The molecule has 0 fully saturated rings. The lowest BCUT2D eigenvalue weighted by Gasteiger charge is -2.05. The summed E-state index contributed by atoms with van der Waals surface area (Å²) in [4.78, 5) is 20.9. The Balaban J connectivity index is 2.53. The molecule has 0 aliphatic heterocycles. The quantitative estimate of drug-likeness (QED) is 0.737. The Kier molecular flexibility index (Phi) is 4.32. The molecule has 5 heteroatoms. The van der Waals surface area contributed by atoms with Gasteiger partial charge in [0.15, 0.2) is 0 Å². The number of nitrogens with two attached hydrogens (primary N) is 1. The molecule has 0 bridgehead atoms. The van der Waals surface area contributed by atoms with Crippen molar-refractivity contribution in [3.05, 3.63) is 29.8 Å². The van der Waals surface area contributed by atoms with Crippen molar-refractivity contribution in [1.82, 2.24) is 0 Å². The van der Waals surface area contributed by atoms with E-state index >= 15 is 0 Å². The third-order valence-electron chi connectivity index (χ3n) is 1.87. The Morgan fingerprint density at radius 3 is 2.75 bits per heavy atom. The molecule has 0 aliphatic rings. The van der Waals surface area contributed by atoms with Crippen LogP contribution >= 0.6 is 0 Å². The number of carboxylic acid groups (broad SMARTS) is 1. The Bertz CT molecular complexity index is 389. The van der Waals surface area contributed by atoms with Crippen LogP contribution in [0.5, 0.6) is 5.75 Å². The molecular formula is C11H13NO4. The van der Waals surface area contributed by atoms with Gasteiger partial charge in [0.2, 0.25) is 5.91 Å². The summed E-state index contributed by atoms with van der Waals surface area (Å²) in [6.07, 6.45) is 0.0934. The number of carboxylic acids is 1. The molecular weight excluding hydrogens is 210 g/mol. The molecule has 16 heavy (non-hydrogen) atoms. The molecule has 1 amide bonds. The number of amides is 1. The number of aliphatic carboxylic acids is 1. The minimum atomic E-state index is -0.894. The van der Waals surface area contributed by atoms with Crippen LogP contribution in [0.25, 0.3) is 0 Å². The summed E-state index contributed by atoms with van der Waals surface area (Å²) >= 11 is 0. The second-order valence-corrected chi connectivity index (χ2v) is 3.28. The fraction of sp³-hybridized carbons (Fsp3) is 0.273. The monoisotopic (exact) mass is 223 g/mol. The van der Waals surface area contributed by atoms with Gasteiger partial charge in [-0.05, 0) is 17.7 Å². The molecule has 5 nitrogen and oxygen atoms in total. The van der Waals surface area contributed by atoms with E-state index in [-0.39, 0.29) is 19.4 Å². The Morgan fingerprint density at radius 2 is 2.12 bits per heavy atom. The maximum absolute atomic E-state index is 10.5. The topological polar surface area (TPSA) is 89.6 Å². The summed E-state index contributed by atoms with van der Waals surface area (Å²) in [5, 5.41) is 8.60. The van der Waals surface area contributed by atoms with E-state index in [0.29, 0.717) is 11.3 Å². The van der Waals surface area contributed by atoms with Gasteiger partial charge >= 0.3 is 5.97 Å². The molecule has 0 aliphatic carbocycles. The lowest BCUT2D eigenvalue weighted by molar-refractivity contribution is -0.136. The number of hydrogen-bond acceptors (Lipinski definition) is 3. The number of rotatable bonds is 6. The first-order valence-corrected chi connectivity index (χ1v) is 4.80.